The maximum Gasteiger partial charge on any atom is 0.295 e. The van der Waals surface area contributed by atoms with Gasteiger partial charge in [-0.05, 0) is 38.4 Å². The molecule has 0 unspecified atom stereocenters. The number of ketones is 1. The number of aliphatic hydroxyl groups excluding tert-OH is 1. The average Bonchev–Trinajstić information content (AvgIpc) is 3.27. The van der Waals surface area contributed by atoms with Crippen LogP contribution in [0.25, 0.3) is 5.76 Å². The SMILES string of the molecule is COc1cccc(/C(O)=C2\C(=O)C(=O)N(CCN(C)C)[C@@H]2c2ccco2)c1. The summed E-state index contributed by atoms with van der Waals surface area (Å²) in [5.41, 5.74) is 0.415. The molecule has 1 aliphatic rings. The summed E-state index contributed by atoms with van der Waals surface area (Å²) >= 11 is 0. The Morgan fingerprint density at radius 3 is 2.67 bits per heavy atom. The van der Waals surface area contributed by atoms with E-state index in [0.717, 1.165) is 0 Å². The Balaban J connectivity index is 2.10. The summed E-state index contributed by atoms with van der Waals surface area (Å²) in [4.78, 5) is 28.7. The highest BCUT2D eigenvalue weighted by Gasteiger charge is 2.47. The molecule has 1 aliphatic heterocycles. The third-order valence-electron chi connectivity index (χ3n) is 4.48. The Morgan fingerprint density at radius 1 is 1.26 bits per heavy atom. The van der Waals surface area contributed by atoms with E-state index in [2.05, 4.69) is 0 Å². The van der Waals surface area contributed by atoms with Crippen molar-refractivity contribution in [3.05, 3.63) is 59.6 Å². The lowest BCUT2D eigenvalue weighted by atomic mass is 9.99. The van der Waals surface area contributed by atoms with Crippen molar-refractivity contribution in [1.82, 2.24) is 9.80 Å². The number of Topliss-reactive ketones (excluding diaryl/α,β-unsaturated/α-hetero) is 1. The molecule has 1 amide bonds. The van der Waals surface area contributed by atoms with Gasteiger partial charge in [-0.25, -0.2) is 0 Å². The fraction of sp³-hybridized carbons (Fsp3) is 0.300. The molecule has 142 valence electrons. The molecule has 1 aromatic carbocycles. The molecule has 1 N–H and O–H groups in total. The van der Waals surface area contributed by atoms with E-state index in [9.17, 15) is 14.7 Å². The van der Waals surface area contributed by atoms with E-state index in [0.29, 0.717) is 30.2 Å². The van der Waals surface area contributed by atoms with Gasteiger partial charge in [0, 0.05) is 18.7 Å². The molecule has 27 heavy (non-hydrogen) atoms. The number of likely N-dealkylation sites (tertiary alicyclic amines) is 1. The molecule has 0 radical (unpaired) electrons. The minimum atomic E-state index is -0.772. The van der Waals surface area contributed by atoms with Gasteiger partial charge in [0.05, 0.1) is 18.9 Å². The summed E-state index contributed by atoms with van der Waals surface area (Å²) in [5.74, 6) is -0.660. The van der Waals surface area contributed by atoms with Crippen LogP contribution in [0.1, 0.15) is 17.4 Å². The van der Waals surface area contributed by atoms with Crippen molar-refractivity contribution in [3.63, 3.8) is 0 Å². The lowest BCUT2D eigenvalue weighted by Gasteiger charge is -2.24. The van der Waals surface area contributed by atoms with Crippen molar-refractivity contribution in [2.75, 3.05) is 34.3 Å². The highest BCUT2D eigenvalue weighted by Crippen LogP contribution is 2.39. The largest absolute Gasteiger partial charge is 0.507 e. The van der Waals surface area contributed by atoms with Crippen molar-refractivity contribution in [3.8, 4) is 5.75 Å². The molecular weight excluding hydrogens is 348 g/mol. The van der Waals surface area contributed by atoms with Crippen LogP contribution in [0.3, 0.4) is 0 Å². The van der Waals surface area contributed by atoms with E-state index in [4.69, 9.17) is 9.15 Å². The number of likely N-dealkylation sites (N-methyl/N-ethyl adjacent to an activating group) is 1. The molecule has 2 heterocycles. The molecule has 7 nitrogen and oxygen atoms in total. The number of carbonyl (C=O) groups excluding carboxylic acids is 2. The molecule has 0 spiro atoms. The number of benzene rings is 1. The predicted molar refractivity (Wildman–Crippen MR) is 99.3 cm³/mol. The number of furan rings is 1. The highest BCUT2D eigenvalue weighted by molar-refractivity contribution is 6.46. The lowest BCUT2D eigenvalue weighted by Crippen LogP contribution is -2.35. The molecule has 7 heteroatoms. The van der Waals surface area contributed by atoms with Crippen LogP contribution in [0, 0.1) is 0 Å². The van der Waals surface area contributed by atoms with E-state index in [1.807, 2.05) is 19.0 Å². The zero-order chi connectivity index (χ0) is 19.6. The normalized spacial score (nSPS) is 19.1. The van der Waals surface area contributed by atoms with Gasteiger partial charge < -0.3 is 24.1 Å². The number of hydrogen-bond acceptors (Lipinski definition) is 6. The first kappa shape index (κ1) is 18.7. The average molecular weight is 370 g/mol. The minimum Gasteiger partial charge on any atom is -0.507 e. The van der Waals surface area contributed by atoms with Crippen LogP contribution in [0.2, 0.25) is 0 Å². The Hall–Kier alpha value is -3.06. The van der Waals surface area contributed by atoms with Crippen molar-refractivity contribution in [1.29, 1.82) is 0 Å². The summed E-state index contributed by atoms with van der Waals surface area (Å²) < 4.78 is 10.7. The third-order valence-corrected chi connectivity index (χ3v) is 4.48. The van der Waals surface area contributed by atoms with Crippen molar-refractivity contribution in [2.24, 2.45) is 0 Å². The first-order valence-electron chi connectivity index (χ1n) is 8.55. The van der Waals surface area contributed by atoms with Gasteiger partial charge in [0.15, 0.2) is 0 Å². The van der Waals surface area contributed by atoms with Gasteiger partial charge in [-0.15, -0.1) is 0 Å². The van der Waals surface area contributed by atoms with E-state index in [1.165, 1.54) is 18.3 Å². The molecule has 0 saturated carbocycles. The number of methoxy groups -OCH3 is 1. The van der Waals surface area contributed by atoms with E-state index < -0.39 is 17.7 Å². The monoisotopic (exact) mass is 370 g/mol. The fourth-order valence-electron chi connectivity index (χ4n) is 3.09. The summed E-state index contributed by atoms with van der Waals surface area (Å²) in [5, 5.41) is 10.9. The topological polar surface area (TPSA) is 83.2 Å². The van der Waals surface area contributed by atoms with Gasteiger partial charge >= 0.3 is 0 Å². The molecule has 1 atom stereocenters. The molecular formula is C20H22N2O5. The van der Waals surface area contributed by atoms with Crippen LogP contribution in [-0.2, 0) is 9.59 Å². The van der Waals surface area contributed by atoms with Crippen LogP contribution in [-0.4, -0.2) is 60.9 Å². The molecule has 0 aliphatic carbocycles. The summed E-state index contributed by atoms with van der Waals surface area (Å²) in [7, 11) is 5.28. The molecule has 0 bridgehead atoms. The van der Waals surface area contributed by atoms with Gasteiger partial charge in [-0.1, -0.05) is 12.1 Å². The van der Waals surface area contributed by atoms with Gasteiger partial charge in [0.25, 0.3) is 11.7 Å². The van der Waals surface area contributed by atoms with Crippen LogP contribution in [0.4, 0.5) is 0 Å². The molecule has 3 rings (SSSR count). The summed E-state index contributed by atoms with van der Waals surface area (Å²) in [6.07, 6.45) is 1.48. The number of amides is 1. The fourth-order valence-corrected chi connectivity index (χ4v) is 3.09. The van der Waals surface area contributed by atoms with Crippen molar-refractivity contribution < 1.29 is 23.8 Å². The van der Waals surface area contributed by atoms with Crippen LogP contribution in [0.5, 0.6) is 5.75 Å². The smallest absolute Gasteiger partial charge is 0.295 e. The maximum atomic E-state index is 12.7. The number of hydrogen-bond donors (Lipinski definition) is 1. The molecule has 2 aromatic rings. The number of ether oxygens (including phenoxy) is 1. The molecule has 1 fully saturated rings. The summed E-state index contributed by atoms with van der Waals surface area (Å²) in [6.45, 7) is 0.904. The number of carbonyl (C=O) groups is 2. The van der Waals surface area contributed by atoms with Crippen LogP contribution >= 0.6 is 0 Å². The van der Waals surface area contributed by atoms with Gasteiger partial charge in [0.1, 0.15) is 23.3 Å². The Kier molecular flexibility index (Phi) is 5.32. The third kappa shape index (κ3) is 3.59. The highest BCUT2D eigenvalue weighted by atomic mass is 16.5. The number of aliphatic hydroxyl groups is 1. The Morgan fingerprint density at radius 2 is 2.04 bits per heavy atom. The first-order valence-corrected chi connectivity index (χ1v) is 8.55. The van der Waals surface area contributed by atoms with Crippen LogP contribution < -0.4 is 4.74 Å². The first-order chi connectivity index (χ1) is 12.9. The Labute approximate surface area is 157 Å². The zero-order valence-corrected chi connectivity index (χ0v) is 15.5. The minimum absolute atomic E-state index is 0.0157. The quantitative estimate of drug-likeness (QED) is 0.477. The predicted octanol–water partition coefficient (Wildman–Crippen LogP) is 2.27. The van der Waals surface area contributed by atoms with Gasteiger partial charge in [0.2, 0.25) is 0 Å². The Bertz CT molecular complexity index is 870. The number of rotatable bonds is 6. The summed E-state index contributed by atoms with van der Waals surface area (Å²) in [6, 6.07) is 9.32. The van der Waals surface area contributed by atoms with Gasteiger partial charge in [-0.3, -0.25) is 9.59 Å². The lowest BCUT2D eigenvalue weighted by molar-refractivity contribution is -0.140. The second-order valence-corrected chi connectivity index (χ2v) is 6.54. The number of nitrogens with zero attached hydrogens (tertiary/aromatic N) is 2. The standard InChI is InChI=1S/C20H22N2O5/c1-21(2)9-10-22-17(15-8-5-11-27-15)16(19(24)20(22)25)18(23)13-6-4-7-14(12-13)26-3/h4-8,11-12,17,23H,9-10H2,1-3H3/b18-16+/t17-/m1/s1. The van der Waals surface area contributed by atoms with Crippen molar-refractivity contribution >= 4 is 17.4 Å². The maximum absolute atomic E-state index is 12.7. The van der Waals surface area contributed by atoms with Gasteiger partial charge in [-0.2, -0.15) is 0 Å². The van der Waals surface area contributed by atoms with E-state index in [-0.39, 0.29) is 11.3 Å². The van der Waals surface area contributed by atoms with E-state index in [1.54, 1.807) is 36.4 Å². The molecule has 1 saturated heterocycles. The zero-order valence-electron chi connectivity index (χ0n) is 15.5. The van der Waals surface area contributed by atoms with E-state index >= 15 is 0 Å². The molecule has 1 aromatic heterocycles. The second-order valence-electron chi connectivity index (χ2n) is 6.54. The van der Waals surface area contributed by atoms with Crippen molar-refractivity contribution in [2.45, 2.75) is 6.04 Å². The van der Waals surface area contributed by atoms with Crippen LogP contribution in [0.15, 0.2) is 52.7 Å². The second kappa shape index (κ2) is 7.67.